The Labute approximate surface area is 110 Å². The highest BCUT2D eigenvalue weighted by Gasteiger charge is 2.33. The normalized spacial score (nSPS) is 10.9. The van der Waals surface area contributed by atoms with Crippen molar-refractivity contribution in [3.63, 3.8) is 0 Å². The minimum absolute atomic E-state index is 0.0549. The summed E-state index contributed by atoms with van der Waals surface area (Å²) in [5, 5.41) is 8.58. The van der Waals surface area contributed by atoms with Crippen molar-refractivity contribution in [2.75, 3.05) is 0 Å². The van der Waals surface area contributed by atoms with Crippen LogP contribution in [0, 0.1) is 18.5 Å². The summed E-state index contributed by atoms with van der Waals surface area (Å²) in [4.78, 5) is 3.66. The lowest BCUT2D eigenvalue weighted by atomic mass is 10.3. The fourth-order valence-corrected chi connectivity index (χ4v) is 2.43. The number of hydrogen-bond donors (Lipinski definition) is 0. The number of halogens is 5. The Kier molecular flexibility index (Phi) is 3.99. The van der Waals surface area contributed by atoms with E-state index in [2.05, 4.69) is 9.72 Å². The third kappa shape index (κ3) is 3.33. The number of aromatic nitrogens is 1. The number of pyridine rings is 1. The van der Waals surface area contributed by atoms with Gasteiger partial charge in [-0.2, -0.15) is 5.26 Å². The Morgan fingerprint density at radius 1 is 1.40 bits per heavy atom. The summed E-state index contributed by atoms with van der Waals surface area (Å²) in [6.45, 7) is 0. The molecule has 3 nitrogen and oxygen atoms in total. The van der Waals surface area contributed by atoms with Crippen LogP contribution in [0.2, 0.25) is 0 Å². The summed E-state index contributed by atoms with van der Waals surface area (Å²) in [7, 11) is 0. The summed E-state index contributed by atoms with van der Waals surface area (Å²) in [5.41, 5.74) is -0.0877. The minimum Gasteiger partial charge on any atom is -0.403 e. The van der Waals surface area contributed by atoms with Gasteiger partial charge in [0.2, 0.25) is 0 Å². The minimum atomic E-state index is -4.77. The lowest BCUT2D eigenvalue weighted by Gasteiger charge is -2.12. The van der Waals surface area contributed by atoms with Crippen LogP contribution in [-0.2, 0) is 0 Å². The SMILES string of the molecule is N#Cc1ncc(I)c(OC(F)(F)F)c1I. The summed E-state index contributed by atoms with van der Waals surface area (Å²) >= 11 is 3.25. The molecule has 8 heteroatoms. The number of nitrogens with zero attached hydrogens (tertiary/aromatic N) is 2. The molecule has 1 heterocycles. The molecule has 0 atom stereocenters. The molecule has 0 spiro atoms. The highest BCUT2D eigenvalue weighted by molar-refractivity contribution is 14.1. The number of alkyl halides is 3. The zero-order valence-electron chi connectivity index (χ0n) is 6.77. The lowest BCUT2D eigenvalue weighted by Crippen LogP contribution is -2.19. The third-order valence-corrected chi connectivity index (χ3v) is 3.02. The van der Waals surface area contributed by atoms with Gasteiger partial charge in [0.1, 0.15) is 6.07 Å². The van der Waals surface area contributed by atoms with Crippen molar-refractivity contribution in [2.45, 2.75) is 6.36 Å². The fraction of sp³-hybridized carbons (Fsp3) is 0.143. The first-order valence-electron chi connectivity index (χ1n) is 3.35. The molecule has 1 aromatic heterocycles. The van der Waals surface area contributed by atoms with Crippen LogP contribution in [0.25, 0.3) is 0 Å². The standard InChI is InChI=1S/C7HF3I2N2O/c8-7(9,10)15-6-3(11)2-14-4(1-13)5(6)12/h2H. The van der Waals surface area contributed by atoms with E-state index in [0.717, 1.165) is 6.20 Å². The van der Waals surface area contributed by atoms with E-state index in [1.165, 1.54) is 0 Å². The van der Waals surface area contributed by atoms with Crippen LogP contribution < -0.4 is 4.74 Å². The van der Waals surface area contributed by atoms with Gasteiger partial charge in [0.05, 0.1) is 7.14 Å². The van der Waals surface area contributed by atoms with Crippen LogP contribution in [0.3, 0.4) is 0 Å². The molecule has 0 aromatic carbocycles. The molecule has 0 bridgehead atoms. The van der Waals surface area contributed by atoms with Crippen molar-refractivity contribution in [2.24, 2.45) is 0 Å². The Hall–Kier alpha value is -0.310. The molecule has 0 aliphatic heterocycles. The van der Waals surface area contributed by atoms with E-state index < -0.39 is 6.36 Å². The zero-order valence-corrected chi connectivity index (χ0v) is 11.1. The molecule has 0 aliphatic rings. The highest BCUT2D eigenvalue weighted by Crippen LogP contribution is 2.32. The van der Waals surface area contributed by atoms with Crippen LogP contribution in [0.5, 0.6) is 5.75 Å². The van der Waals surface area contributed by atoms with E-state index in [1.54, 1.807) is 51.3 Å². The van der Waals surface area contributed by atoms with E-state index in [0.29, 0.717) is 0 Å². The molecule has 15 heavy (non-hydrogen) atoms. The molecule has 1 rings (SSSR count). The molecule has 0 amide bonds. The van der Waals surface area contributed by atoms with Gasteiger partial charge in [-0.15, -0.1) is 13.2 Å². The van der Waals surface area contributed by atoms with Gasteiger partial charge >= 0.3 is 6.36 Å². The van der Waals surface area contributed by atoms with Gasteiger partial charge in [-0.1, -0.05) is 0 Å². The number of hydrogen-bond acceptors (Lipinski definition) is 3. The van der Waals surface area contributed by atoms with Gasteiger partial charge in [0.25, 0.3) is 0 Å². The Morgan fingerprint density at radius 2 is 2.00 bits per heavy atom. The first-order chi connectivity index (χ1) is 6.85. The van der Waals surface area contributed by atoms with Gasteiger partial charge in [-0.3, -0.25) is 0 Å². The Morgan fingerprint density at radius 3 is 2.47 bits per heavy atom. The van der Waals surface area contributed by atoms with Crippen LogP contribution in [-0.4, -0.2) is 11.3 Å². The van der Waals surface area contributed by atoms with Gasteiger partial charge in [0, 0.05) is 6.20 Å². The van der Waals surface area contributed by atoms with Crippen molar-refractivity contribution in [3.8, 4) is 11.8 Å². The van der Waals surface area contributed by atoms with Crippen molar-refractivity contribution >= 4 is 45.2 Å². The topological polar surface area (TPSA) is 45.9 Å². The van der Waals surface area contributed by atoms with Crippen LogP contribution >= 0.6 is 45.2 Å². The maximum absolute atomic E-state index is 12.0. The Bertz CT molecular complexity index is 427. The highest BCUT2D eigenvalue weighted by atomic mass is 127. The molecule has 80 valence electrons. The lowest BCUT2D eigenvalue weighted by molar-refractivity contribution is -0.275. The van der Waals surface area contributed by atoms with E-state index in [9.17, 15) is 13.2 Å². The van der Waals surface area contributed by atoms with Gasteiger partial charge in [-0.05, 0) is 45.2 Å². The summed E-state index contributed by atoms with van der Waals surface area (Å²) in [6, 6.07) is 1.68. The second kappa shape index (κ2) is 4.69. The second-order valence-corrected chi connectivity index (χ2v) is 4.50. The first-order valence-corrected chi connectivity index (χ1v) is 5.50. The molecular formula is C7HF3I2N2O. The smallest absolute Gasteiger partial charge is 0.403 e. The molecule has 0 radical (unpaired) electrons. The van der Waals surface area contributed by atoms with E-state index in [4.69, 9.17) is 5.26 Å². The van der Waals surface area contributed by atoms with Crippen LogP contribution in [0.4, 0.5) is 13.2 Å². The average molecular weight is 440 g/mol. The summed E-state index contributed by atoms with van der Waals surface area (Å²) < 4.78 is 40.1. The largest absolute Gasteiger partial charge is 0.573 e. The average Bonchev–Trinajstić information content (AvgIpc) is 2.11. The molecule has 1 aromatic rings. The van der Waals surface area contributed by atoms with Crippen molar-refractivity contribution in [1.29, 1.82) is 5.26 Å². The monoisotopic (exact) mass is 440 g/mol. The van der Waals surface area contributed by atoms with Crippen LogP contribution in [0.15, 0.2) is 6.20 Å². The summed E-state index contributed by atoms with van der Waals surface area (Å²) in [5.74, 6) is -0.379. The van der Waals surface area contributed by atoms with Crippen molar-refractivity contribution < 1.29 is 17.9 Å². The Balaban J connectivity index is 3.23. The maximum atomic E-state index is 12.0. The van der Waals surface area contributed by atoms with E-state index in [-0.39, 0.29) is 18.6 Å². The maximum Gasteiger partial charge on any atom is 0.573 e. The van der Waals surface area contributed by atoms with Gasteiger partial charge < -0.3 is 4.74 Å². The molecule has 0 N–H and O–H groups in total. The molecular weight excluding hydrogens is 439 g/mol. The second-order valence-electron chi connectivity index (χ2n) is 2.26. The quantitative estimate of drug-likeness (QED) is 0.632. The molecule has 0 saturated carbocycles. The number of ether oxygens (including phenoxy) is 1. The number of rotatable bonds is 1. The third-order valence-electron chi connectivity index (χ3n) is 1.25. The van der Waals surface area contributed by atoms with Gasteiger partial charge in [0.15, 0.2) is 11.4 Å². The van der Waals surface area contributed by atoms with Crippen LogP contribution in [0.1, 0.15) is 5.69 Å². The molecule has 0 fully saturated rings. The molecule has 0 saturated heterocycles. The molecule has 0 aliphatic carbocycles. The predicted molar refractivity (Wildman–Crippen MR) is 61.1 cm³/mol. The fourth-order valence-electron chi connectivity index (χ4n) is 0.736. The predicted octanol–water partition coefficient (Wildman–Crippen LogP) is 3.06. The van der Waals surface area contributed by atoms with Gasteiger partial charge in [-0.25, -0.2) is 4.98 Å². The van der Waals surface area contributed by atoms with Crippen molar-refractivity contribution in [1.82, 2.24) is 4.98 Å². The van der Waals surface area contributed by atoms with E-state index >= 15 is 0 Å². The molecule has 0 unspecified atom stereocenters. The van der Waals surface area contributed by atoms with Crippen molar-refractivity contribution in [3.05, 3.63) is 19.0 Å². The first kappa shape index (κ1) is 12.8. The summed E-state index contributed by atoms with van der Waals surface area (Å²) in [6.07, 6.45) is -3.61. The zero-order chi connectivity index (χ0) is 11.6. The van der Waals surface area contributed by atoms with E-state index in [1.807, 2.05) is 0 Å². The number of nitriles is 1.